The third kappa shape index (κ3) is 7.72. The minimum Gasteiger partial charge on any atom is -0.477 e. The highest BCUT2D eigenvalue weighted by Crippen LogP contribution is 2.43. The number of carboxylic acids is 1. The predicted octanol–water partition coefficient (Wildman–Crippen LogP) is 9.09. The molecule has 0 heterocycles. The number of carboxylic acid groups (broad SMARTS) is 1. The lowest BCUT2D eigenvalue weighted by molar-refractivity contribution is -0.158. The first-order valence-corrected chi connectivity index (χ1v) is 16.3. The van der Waals surface area contributed by atoms with Gasteiger partial charge in [0.2, 0.25) is 0 Å². The lowest BCUT2D eigenvalue weighted by Gasteiger charge is -2.30. The van der Waals surface area contributed by atoms with Crippen molar-refractivity contribution in [3.63, 3.8) is 0 Å². The summed E-state index contributed by atoms with van der Waals surface area (Å²) >= 11 is 1.77. The normalized spacial score (nSPS) is 12.5. The maximum atomic E-state index is 13.6. The molecule has 5 nitrogen and oxygen atoms in total. The molecular formula is C38H43NO4S. The van der Waals surface area contributed by atoms with Crippen LogP contribution in [-0.2, 0) is 17.6 Å². The van der Waals surface area contributed by atoms with Gasteiger partial charge in [0.1, 0.15) is 5.75 Å². The summed E-state index contributed by atoms with van der Waals surface area (Å²) in [5.41, 5.74) is 5.44. The summed E-state index contributed by atoms with van der Waals surface area (Å²) in [7, 11) is 0. The summed E-state index contributed by atoms with van der Waals surface area (Å²) < 4.78 is 5.86. The zero-order chi connectivity index (χ0) is 31.7. The minimum atomic E-state index is -1.90. The molecule has 0 aromatic heterocycles. The number of hydrogen-bond acceptors (Lipinski definition) is 4. The van der Waals surface area contributed by atoms with Crippen molar-refractivity contribution in [2.45, 2.75) is 82.6 Å². The highest BCUT2D eigenvalue weighted by molar-refractivity contribution is 7.99. The lowest BCUT2D eigenvalue weighted by atomic mass is 10.00. The van der Waals surface area contributed by atoms with Gasteiger partial charge in [-0.3, -0.25) is 4.79 Å². The van der Waals surface area contributed by atoms with E-state index in [9.17, 15) is 14.7 Å². The van der Waals surface area contributed by atoms with Crippen molar-refractivity contribution in [3.05, 3.63) is 130 Å². The second kappa shape index (κ2) is 15.1. The molecule has 1 atom stereocenters. The number of para-hydroxylation sites is 1. The van der Waals surface area contributed by atoms with Crippen LogP contribution < -0.4 is 10.1 Å². The van der Waals surface area contributed by atoms with Crippen molar-refractivity contribution in [2.24, 2.45) is 0 Å². The van der Waals surface area contributed by atoms with Crippen LogP contribution in [0.3, 0.4) is 0 Å². The maximum Gasteiger partial charge on any atom is 0.370 e. The van der Waals surface area contributed by atoms with Gasteiger partial charge in [-0.05, 0) is 84.3 Å². The Morgan fingerprint density at radius 2 is 1.32 bits per heavy atom. The molecule has 230 valence electrons. The quantitative estimate of drug-likeness (QED) is 0.110. The summed E-state index contributed by atoms with van der Waals surface area (Å²) in [6.07, 6.45) is 4.38. The zero-order valence-electron chi connectivity index (χ0n) is 26.4. The van der Waals surface area contributed by atoms with Crippen LogP contribution in [0.5, 0.6) is 5.75 Å². The molecule has 0 bridgehead atoms. The number of hydrogen-bond donors (Lipinski definition) is 2. The van der Waals surface area contributed by atoms with Crippen LogP contribution in [0.25, 0.3) is 0 Å². The van der Waals surface area contributed by atoms with Gasteiger partial charge in [-0.25, -0.2) is 4.79 Å². The van der Waals surface area contributed by atoms with E-state index < -0.39 is 17.6 Å². The third-order valence-corrected chi connectivity index (χ3v) is 9.54. The predicted molar refractivity (Wildman–Crippen MR) is 180 cm³/mol. The van der Waals surface area contributed by atoms with E-state index in [1.165, 1.54) is 22.3 Å². The van der Waals surface area contributed by atoms with E-state index in [1.54, 1.807) is 49.0 Å². The van der Waals surface area contributed by atoms with Crippen LogP contribution in [0.4, 0.5) is 0 Å². The Morgan fingerprint density at radius 3 is 1.80 bits per heavy atom. The molecule has 0 aliphatic heterocycles. The Kier molecular flexibility index (Phi) is 11.3. The second-order valence-corrected chi connectivity index (χ2v) is 12.3. The van der Waals surface area contributed by atoms with Gasteiger partial charge in [-0.15, -0.1) is 11.8 Å². The van der Waals surface area contributed by atoms with Gasteiger partial charge >= 0.3 is 5.97 Å². The molecule has 1 unspecified atom stereocenters. The first kappa shape index (κ1) is 32.9. The second-order valence-electron chi connectivity index (χ2n) is 11.2. The molecule has 6 heteroatoms. The van der Waals surface area contributed by atoms with E-state index >= 15 is 0 Å². The Bertz CT molecular complexity index is 1500. The molecular weight excluding hydrogens is 566 g/mol. The summed E-state index contributed by atoms with van der Waals surface area (Å²) in [4.78, 5) is 27.0. The SMILES string of the molecule is CCCc1ccc(C(Sc2ccc(C(=O)NC(CC)(Oc3ccccc3)C(=O)O)c(C)c2C)c2ccc(CCC)cc2)cc1. The van der Waals surface area contributed by atoms with Crippen LogP contribution in [0.15, 0.2) is 95.9 Å². The van der Waals surface area contributed by atoms with Crippen molar-refractivity contribution in [2.75, 3.05) is 0 Å². The molecule has 0 saturated carbocycles. The highest BCUT2D eigenvalue weighted by Gasteiger charge is 2.41. The molecule has 0 fully saturated rings. The number of benzene rings is 4. The standard InChI is InChI=1S/C38H43NO4S/c1-6-12-28-16-20-30(21-17-28)35(31-22-18-29(13-7-2)19-23-31)44-34-25-24-33(26(4)27(34)5)36(40)39-38(8-3,37(41)42)43-32-14-10-9-11-15-32/h9-11,14-25,35H,6-8,12-13H2,1-5H3,(H,39,40)(H,41,42). The van der Waals surface area contributed by atoms with E-state index in [1.807, 2.05) is 26.0 Å². The molecule has 0 saturated heterocycles. The van der Waals surface area contributed by atoms with Gasteiger partial charge in [0.15, 0.2) is 0 Å². The van der Waals surface area contributed by atoms with Crippen LogP contribution >= 0.6 is 11.8 Å². The Hall–Kier alpha value is -4.03. The molecule has 0 aliphatic carbocycles. The van der Waals surface area contributed by atoms with Crippen LogP contribution in [0.1, 0.15) is 89.0 Å². The summed E-state index contributed by atoms with van der Waals surface area (Å²) in [5, 5.41) is 12.9. The Morgan fingerprint density at radius 1 is 0.773 bits per heavy atom. The molecule has 1 amide bonds. The molecule has 4 aromatic carbocycles. The number of amides is 1. The number of ether oxygens (including phenoxy) is 1. The van der Waals surface area contributed by atoms with Crippen molar-refractivity contribution >= 4 is 23.6 Å². The van der Waals surface area contributed by atoms with Gasteiger partial charge in [0.05, 0.1) is 5.25 Å². The molecule has 0 aliphatic rings. The molecule has 4 aromatic rings. The van der Waals surface area contributed by atoms with E-state index in [4.69, 9.17) is 4.74 Å². The van der Waals surface area contributed by atoms with Crippen molar-refractivity contribution in [1.82, 2.24) is 5.32 Å². The van der Waals surface area contributed by atoms with E-state index in [0.717, 1.165) is 41.7 Å². The fourth-order valence-corrected chi connectivity index (χ4v) is 6.61. The average molecular weight is 610 g/mol. The van der Waals surface area contributed by atoms with E-state index in [0.29, 0.717) is 11.3 Å². The minimum absolute atomic E-state index is 0.0463. The summed E-state index contributed by atoms with van der Waals surface area (Å²) in [5.74, 6) is -1.37. The first-order valence-electron chi connectivity index (χ1n) is 15.5. The van der Waals surface area contributed by atoms with Crippen LogP contribution in [0.2, 0.25) is 0 Å². The number of carbonyl (C=O) groups excluding carboxylic acids is 1. The number of aryl methyl sites for hydroxylation is 2. The highest BCUT2D eigenvalue weighted by atomic mass is 32.2. The Labute approximate surface area is 266 Å². The van der Waals surface area contributed by atoms with Gasteiger partial charge in [-0.2, -0.15) is 0 Å². The van der Waals surface area contributed by atoms with E-state index in [2.05, 4.69) is 67.7 Å². The van der Waals surface area contributed by atoms with Crippen molar-refractivity contribution in [1.29, 1.82) is 0 Å². The largest absolute Gasteiger partial charge is 0.477 e. The lowest BCUT2D eigenvalue weighted by Crippen LogP contribution is -2.58. The molecule has 0 radical (unpaired) electrons. The molecule has 4 rings (SSSR count). The third-order valence-electron chi connectivity index (χ3n) is 8.06. The van der Waals surface area contributed by atoms with Gasteiger partial charge in [0.25, 0.3) is 11.6 Å². The number of aliphatic carboxylic acids is 1. The van der Waals surface area contributed by atoms with Gasteiger partial charge in [0, 0.05) is 16.9 Å². The smallest absolute Gasteiger partial charge is 0.370 e. The monoisotopic (exact) mass is 609 g/mol. The summed E-state index contributed by atoms with van der Waals surface area (Å²) in [6, 6.07) is 30.3. The van der Waals surface area contributed by atoms with Gasteiger partial charge < -0.3 is 15.2 Å². The van der Waals surface area contributed by atoms with Crippen molar-refractivity contribution in [3.8, 4) is 5.75 Å². The van der Waals surface area contributed by atoms with Crippen LogP contribution in [0, 0.1) is 13.8 Å². The maximum absolute atomic E-state index is 13.6. The molecule has 44 heavy (non-hydrogen) atoms. The number of nitrogens with one attached hydrogen (secondary N) is 1. The number of thioether (sulfide) groups is 1. The first-order chi connectivity index (χ1) is 21.2. The Balaban J connectivity index is 1.64. The molecule has 0 spiro atoms. The van der Waals surface area contributed by atoms with Crippen molar-refractivity contribution < 1.29 is 19.4 Å². The van der Waals surface area contributed by atoms with E-state index in [-0.39, 0.29) is 11.7 Å². The zero-order valence-corrected chi connectivity index (χ0v) is 27.2. The molecule has 2 N–H and O–H groups in total. The number of carbonyl (C=O) groups is 2. The van der Waals surface area contributed by atoms with Crippen LogP contribution in [-0.4, -0.2) is 22.7 Å². The fourth-order valence-electron chi connectivity index (χ4n) is 5.30. The topological polar surface area (TPSA) is 75.6 Å². The number of rotatable bonds is 14. The fraction of sp³-hybridized carbons (Fsp3) is 0.316. The summed E-state index contributed by atoms with van der Waals surface area (Å²) in [6.45, 7) is 10.00. The average Bonchev–Trinajstić information content (AvgIpc) is 3.03. The van der Waals surface area contributed by atoms with Gasteiger partial charge in [-0.1, -0.05) is 100 Å².